The maximum Gasteiger partial charge on any atom is 0.269 e. The molecular weight excluding hydrogens is 466 g/mol. The molecule has 9 nitrogen and oxygen atoms in total. The summed E-state index contributed by atoms with van der Waals surface area (Å²) in [6, 6.07) is 19.1. The van der Waals surface area contributed by atoms with Gasteiger partial charge in [-0.15, -0.1) is 10.2 Å². The molecular formula is C25H19N5O4S. The van der Waals surface area contributed by atoms with Gasteiger partial charge in [-0.05, 0) is 49.7 Å². The highest BCUT2D eigenvalue weighted by Crippen LogP contribution is 2.27. The van der Waals surface area contributed by atoms with Gasteiger partial charge in [0.1, 0.15) is 0 Å². The molecule has 3 aromatic carbocycles. The van der Waals surface area contributed by atoms with E-state index in [1.165, 1.54) is 23.9 Å². The molecule has 0 atom stereocenters. The fourth-order valence-corrected chi connectivity index (χ4v) is 4.60. The number of fused-ring (bicyclic) bond motifs is 1. The Morgan fingerprint density at radius 1 is 1.03 bits per heavy atom. The molecule has 0 unspecified atom stereocenters. The number of rotatable bonds is 6. The van der Waals surface area contributed by atoms with Crippen LogP contribution in [0.4, 0.5) is 5.69 Å². The lowest BCUT2D eigenvalue weighted by Gasteiger charge is -2.15. The lowest BCUT2D eigenvalue weighted by Crippen LogP contribution is -2.22. The summed E-state index contributed by atoms with van der Waals surface area (Å²) in [6.45, 7) is 3.97. The van der Waals surface area contributed by atoms with Crippen LogP contribution in [0.25, 0.3) is 28.0 Å². The van der Waals surface area contributed by atoms with Crippen molar-refractivity contribution in [1.82, 2.24) is 19.7 Å². The summed E-state index contributed by atoms with van der Waals surface area (Å²) >= 11 is 1.32. The molecule has 2 aromatic heterocycles. The smallest absolute Gasteiger partial charge is 0.269 e. The largest absolute Gasteiger partial charge is 0.420 e. The predicted octanol–water partition coefficient (Wildman–Crippen LogP) is 5.25. The van der Waals surface area contributed by atoms with Gasteiger partial charge in [-0.1, -0.05) is 41.6 Å². The van der Waals surface area contributed by atoms with Crippen LogP contribution in [0, 0.1) is 24.0 Å². The van der Waals surface area contributed by atoms with Gasteiger partial charge in [-0.2, -0.15) is 0 Å². The van der Waals surface area contributed by atoms with Gasteiger partial charge < -0.3 is 4.42 Å². The minimum Gasteiger partial charge on any atom is -0.420 e. The minimum atomic E-state index is -0.467. The third-order valence-corrected chi connectivity index (χ3v) is 6.38. The second-order valence-corrected chi connectivity index (χ2v) is 8.88. The fourth-order valence-electron chi connectivity index (χ4n) is 3.76. The molecule has 5 aromatic rings. The van der Waals surface area contributed by atoms with Crippen molar-refractivity contribution in [2.75, 3.05) is 0 Å². The van der Waals surface area contributed by atoms with Crippen molar-refractivity contribution in [2.24, 2.45) is 0 Å². The maximum absolute atomic E-state index is 13.5. The van der Waals surface area contributed by atoms with Crippen molar-refractivity contribution in [3.05, 3.63) is 104 Å². The van der Waals surface area contributed by atoms with E-state index in [0.717, 1.165) is 16.8 Å². The summed E-state index contributed by atoms with van der Waals surface area (Å²) < 4.78 is 7.39. The number of nitro benzene ring substituents is 1. The predicted molar refractivity (Wildman–Crippen MR) is 133 cm³/mol. The Hall–Kier alpha value is -4.31. The third-order valence-electron chi connectivity index (χ3n) is 5.45. The van der Waals surface area contributed by atoms with Crippen LogP contribution in [0.1, 0.15) is 17.0 Å². The second-order valence-electron chi connectivity index (χ2n) is 7.94. The molecule has 5 rings (SSSR count). The van der Waals surface area contributed by atoms with E-state index < -0.39 is 4.92 Å². The van der Waals surface area contributed by atoms with E-state index in [0.29, 0.717) is 27.5 Å². The van der Waals surface area contributed by atoms with Crippen LogP contribution in [0.2, 0.25) is 0 Å². The van der Waals surface area contributed by atoms with E-state index in [4.69, 9.17) is 9.40 Å². The van der Waals surface area contributed by atoms with Crippen LogP contribution in [-0.4, -0.2) is 24.7 Å². The second kappa shape index (κ2) is 9.15. The number of nitrogens with zero attached hydrogens (tertiary/aromatic N) is 5. The number of non-ortho nitro benzene ring substituents is 1. The topological polar surface area (TPSA) is 117 Å². The summed E-state index contributed by atoms with van der Waals surface area (Å²) in [4.78, 5) is 28.6. The van der Waals surface area contributed by atoms with Crippen molar-refractivity contribution < 1.29 is 9.34 Å². The van der Waals surface area contributed by atoms with Crippen molar-refractivity contribution in [1.29, 1.82) is 0 Å². The molecule has 0 bridgehead atoms. The molecule has 35 heavy (non-hydrogen) atoms. The van der Waals surface area contributed by atoms with E-state index in [-0.39, 0.29) is 22.9 Å². The Balaban J connectivity index is 1.49. The number of aryl methyl sites for hydroxylation is 2. The molecule has 0 N–H and O–H groups in total. The first kappa shape index (κ1) is 22.5. The highest BCUT2D eigenvalue weighted by molar-refractivity contribution is 7.98. The van der Waals surface area contributed by atoms with E-state index in [1.54, 1.807) is 22.8 Å². The van der Waals surface area contributed by atoms with Gasteiger partial charge in [0.25, 0.3) is 11.2 Å². The average Bonchev–Trinajstić information content (AvgIpc) is 3.33. The van der Waals surface area contributed by atoms with Gasteiger partial charge >= 0.3 is 0 Å². The van der Waals surface area contributed by atoms with E-state index >= 15 is 0 Å². The number of nitro groups is 1. The molecule has 0 amide bonds. The first-order chi connectivity index (χ1) is 16.9. The van der Waals surface area contributed by atoms with Crippen molar-refractivity contribution in [2.45, 2.75) is 24.8 Å². The Bertz CT molecular complexity index is 1630. The van der Waals surface area contributed by atoms with Crippen LogP contribution in [0.5, 0.6) is 0 Å². The summed E-state index contributed by atoms with van der Waals surface area (Å²) in [7, 11) is 0. The van der Waals surface area contributed by atoms with Gasteiger partial charge in [0, 0.05) is 17.7 Å². The summed E-state index contributed by atoms with van der Waals surface area (Å²) in [5, 5.41) is 20.1. The van der Waals surface area contributed by atoms with Crippen LogP contribution in [0.3, 0.4) is 0 Å². The van der Waals surface area contributed by atoms with Gasteiger partial charge in [-0.25, -0.2) is 4.98 Å². The Morgan fingerprint density at radius 3 is 2.54 bits per heavy atom. The first-order valence-electron chi connectivity index (χ1n) is 10.7. The molecule has 0 radical (unpaired) electrons. The lowest BCUT2D eigenvalue weighted by molar-refractivity contribution is -0.384. The van der Waals surface area contributed by atoms with Crippen LogP contribution in [-0.2, 0) is 5.75 Å². The normalized spacial score (nSPS) is 11.1. The summed E-state index contributed by atoms with van der Waals surface area (Å²) in [5.41, 5.74) is 3.85. The summed E-state index contributed by atoms with van der Waals surface area (Å²) in [6.07, 6.45) is 0. The zero-order valence-corrected chi connectivity index (χ0v) is 19.7. The van der Waals surface area contributed by atoms with Crippen molar-refractivity contribution in [3.8, 4) is 17.1 Å². The SMILES string of the molecule is Cc1ccc(-n2c(SCc3nnc(-c4ccc([N+](=O)[O-])cc4)o3)nc3ccccc3c2=O)c(C)c1. The van der Waals surface area contributed by atoms with Crippen LogP contribution >= 0.6 is 11.8 Å². The average molecular weight is 486 g/mol. The molecule has 0 aliphatic rings. The molecule has 0 saturated heterocycles. The number of hydrogen-bond donors (Lipinski definition) is 0. The fraction of sp³-hybridized carbons (Fsp3) is 0.120. The van der Waals surface area contributed by atoms with Crippen LogP contribution < -0.4 is 5.56 Å². The Labute approximate surface area is 203 Å². The molecule has 0 fully saturated rings. The van der Waals surface area contributed by atoms with Crippen LogP contribution in [0.15, 0.2) is 81.1 Å². The molecule has 0 saturated carbocycles. The van der Waals surface area contributed by atoms with E-state index in [2.05, 4.69) is 10.2 Å². The zero-order valence-electron chi connectivity index (χ0n) is 18.8. The van der Waals surface area contributed by atoms with Crippen molar-refractivity contribution in [3.63, 3.8) is 0 Å². The van der Waals surface area contributed by atoms with Gasteiger partial charge in [0.05, 0.1) is 27.3 Å². The molecule has 10 heteroatoms. The van der Waals surface area contributed by atoms with E-state index in [1.807, 2.05) is 50.2 Å². The monoisotopic (exact) mass is 485 g/mol. The standard InChI is InChI=1S/C25H19N5O4S/c1-15-7-12-21(16(2)13-15)29-24(31)19-5-3-4-6-20(19)26-25(29)35-14-22-27-28-23(34-22)17-8-10-18(11-9-17)30(32)33/h3-13H,14H2,1-2H3. The number of benzene rings is 3. The first-order valence-corrected chi connectivity index (χ1v) is 11.7. The number of hydrogen-bond acceptors (Lipinski definition) is 8. The minimum absolute atomic E-state index is 0.0178. The third kappa shape index (κ3) is 4.43. The zero-order chi connectivity index (χ0) is 24.5. The Kier molecular flexibility index (Phi) is 5.87. The molecule has 0 aliphatic heterocycles. The number of para-hydroxylation sites is 1. The van der Waals surface area contributed by atoms with Crippen molar-refractivity contribution >= 4 is 28.4 Å². The highest BCUT2D eigenvalue weighted by Gasteiger charge is 2.17. The maximum atomic E-state index is 13.5. The molecule has 0 aliphatic carbocycles. The molecule has 0 spiro atoms. The van der Waals surface area contributed by atoms with Gasteiger partial charge in [0.2, 0.25) is 11.8 Å². The lowest BCUT2D eigenvalue weighted by atomic mass is 10.1. The number of aromatic nitrogens is 4. The quantitative estimate of drug-likeness (QED) is 0.138. The van der Waals surface area contributed by atoms with Gasteiger partial charge in [0.15, 0.2) is 5.16 Å². The van der Waals surface area contributed by atoms with E-state index in [9.17, 15) is 14.9 Å². The number of thioether (sulfide) groups is 1. The molecule has 2 heterocycles. The summed E-state index contributed by atoms with van der Waals surface area (Å²) in [5.74, 6) is 0.891. The van der Waals surface area contributed by atoms with Gasteiger partial charge in [-0.3, -0.25) is 19.5 Å². The molecule has 174 valence electrons. The Morgan fingerprint density at radius 2 is 1.80 bits per heavy atom. The highest BCUT2D eigenvalue weighted by atomic mass is 32.2.